The predicted octanol–water partition coefficient (Wildman–Crippen LogP) is 1.13. The van der Waals surface area contributed by atoms with Crippen LogP contribution in [-0.4, -0.2) is 51.1 Å². The van der Waals surface area contributed by atoms with Crippen molar-refractivity contribution in [2.45, 2.75) is 39.3 Å². The second kappa shape index (κ2) is 6.66. The molecular weight excluding hydrogens is 276 g/mol. The van der Waals surface area contributed by atoms with Gasteiger partial charge in [0.25, 0.3) is 0 Å². The SMILES string of the molecule is CCOC(=O)CN(CCn1c([N+](=O)[O-])cnc1C)C1CC1. The zero-order valence-corrected chi connectivity index (χ0v) is 12.3. The van der Waals surface area contributed by atoms with Gasteiger partial charge in [0.2, 0.25) is 0 Å². The normalized spacial score (nSPS) is 14.4. The van der Waals surface area contributed by atoms with Crippen molar-refractivity contribution in [2.24, 2.45) is 0 Å². The second-order valence-electron chi connectivity index (χ2n) is 5.08. The van der Waals surface area contributed by atoms with Crippen LogP contribution in [0.3, 0.4) is 0 Å². The van der Waals surface area contributed by atoms with E-state index in [0.29, 0.717) is 31.6 Å². The fraction of sp³-hybridized carbons (Fsp3) is 0.692. The lowest BCUT2D eigenvalue weighted by Gasteiger charge is -2.20. The molecule has 8 heteroatoms. The highest BCUT2D eigenvalue weighted by Gasteiger charge is 2.31. The number of nitro groups is 1. The van der Waals surface area contributed by atoms with Gasteiger partial charge >= 0.3 is 11.8 Å². The predicted molar refractivity (Wildman–Crippen MR) is 74.8 cm³/mol. The molecule has 0 spiro atoms. The summed E-state index contributed by atoms with van der Waals surface area (Å²) in [5.41, 5.74) is 0. The average molecular weight is 296 g/mol. The third kappa shape index (κ3) is 4.01. The van der Waals surface area contributed by atoms with Gasteiger partial charge in [0.05, 0.1) is 13.2 Å². The van der Waals surface area contributed by atoms with Crippen LogP contribution in [0.2, 0.25) is 0 Å². The Labute approximate surface area is 122 Å². The maximum absolute atomic E-state index is 11.6. The van der Waals surface area contributed by atoms with Gasteiger partial charge in [0, 0.05) is 19.5 Å². The van der Waals surface area contributed by atoms with E-state index in [9.17, 15) is 14.9 Å². The number of carbonyl (C=O) groups is 1. The third-order valence-electron chi connectivity index (χ3n) is 3.53. The second-order valence-corrected chi connectivity index (χ2v) is 5.08. The fourth-order valence-corrected chi connectivity index (χ4v) is 2.31. The number of hydrogen-bond donors (Lipinski definition) is 0. The zero-order valence-electron chi connectivity index (χ0n) is 12.3. The molecule has 0 N–H and O–H groups in total. The molecule has 21 heavy (non-hydrogen) atoms. The van der Waals surface area contributed by atoms with Crippen LogP contribution in [0.25, 0.3) is 0 Å². The number of hydrogen-bond acceptors (Lipinski definition) is 6. The molecular formula is C13H20N4O4. The van der Waals surface area contributed by atoms with Crippen LogP contribution in [0.5, 0.6) is 0 Å². The van der Waals surface area contributed by atoms with Crippen molar-refractivity contribution in [2.75, 3.05) is 19.7 Å². The Hall–Kier alpha value is -1.96. The number of imidazole rings is 1. The number of rotatable bonds is 8. The molecule has 1 saturated carbocycles. The molecule has 0 atom stereocenters. The highest BCUT2D eigenvalue weighted by atomic mass is 16.6. The van der Waals surface area contributed by atoms with E-state index >= 15 is 0 Å². The van der Waals surface area contributed by atoms with Gasteiger partial charge in [-0.1, -0.05) is 0 Å². The lowest BCUT2D eigenvalue weighted by molar-refractivity contribution is -0.392. The van der Waals surface area contributed by atoms with E-state index in [-0.39, 0.29) is 18.3 Å². The summed E-state index contributed by atoms with van der Waals surface area (Å²) in [7, 11) is 0. The Morgan fingerprint density at radius 1 is 1.62 bits per heavy atom. The lowest BCUT2D eigenvalue weighted by atomic mass is 10.4. The van der Waals surface area contributed by atoms with Crippen LogP contribution in [0.1, 0.15) is 25.6 Å². The van der Waals surface area contributed by atoms with Crippen molar-refractivity contribution >= 4 is 11.8 Å². The first-order valence-electron chi connectivity index (χ1n) is 7.09. The summed E-state index contributed by atoms with van der Waals surface area (Å²) in [6.45, 7) is 5.13. The van der Waals surface area contributed by atoms with Crippen LogP contribution in [0.4, 0.5) is 5.82 Å². The Morgan fingerprint density at radius 2 is 2.33 bits per heavy atom. The van der Waals surface area contributed by atoms with E-state index < -0.39 is 4.92 Å². The number of carbonyl (C=O) groups excluding carboxylic acids is 1. The first-order valence-corrected chi connectivity index (χ1v) is 7.09. The van der Waals surface area contributed by atoms with E-state index in [0.717, 1.165) is 12.8 Å². The summed E-state index contributed by atoms with van der Waals surface area (Å²) >= 11 is 0. The van der Waals surface area contributed by atoms with Crippen LogP contribution >= 0.6 is 0 Å². The van der Waals surface area contributed by atoms with Gasteiger partial charge in [-0.2, -0.15) is 0 Å². The minimum Gasteiger partial charge on any atom is -0.465 e. The van der Waals surface area contributed by atoms with Crippen molar-refractivity contribution in [3.8, 4) is 0 Å². The molecule has 116 valence electrons. The number of ether oxygens (including phenoxy) is 1. The fourth-order valence-electron chi connectivity index (χ4n) is 2.31. The van der Waals surface area contributed by atoms with E-state index in [1.54, 1.807) is 18.4 Å². The number of aryl methyl sites for hydroxylation is 1. The molecule has 0 aliphatic heterocycles. The lowest BCUT2D eigenvalue weighted by Crippen LogP contribution is -2.35. The molecule has 0 aromatic carbocycles. The van der Waals surface area contributed by atoms with Crippen LogP contribution in [0, 0.1) is 17.0 Å². The molecule has 1 fully saturated rings. The van der Waals surface area contributed by atoms with Crippen LogP contribution in [0.15, 0.2) is 6.20 Å². The van der Waals surface area contributed by atoms with Gasteiger partial charge < -0.3 is 14.9 Å². The van der Waals surface area contributed by atoms with E-state index in [1.807, 2.05) is 4.90 Å². The first-order chi connectivity index (χ1) is 10.0. The molecule has 1 aromatic heterocycles. The van der Waals surface area contributed by atoms with Gasteiger partial charge in [-0.05, 0) is 24.7 Å². The molecule has 2 rings (SSSR count). The van der Waals surface area contributed by atoms with Gasteiger partial charge in [-0.25, -0.2) is 9.55 Å². The number of esters is 1. The maximum atomic E-state index is 11.6. The van der Waals surface area contributed by atoms with E-state index in [4.69, 9.17) is 4.74 Å². The minimum absolute atomic E-state index is 0.0145. The molecule has 1 aromatic rings. The topological polar surface area (TPSA) is 90.5 Å². The highest BCUT2D eigenvalue weighted by molar-refractivity contribution is 5.71. The van der Waals surface area contributed by atoms with Crippen molar-refractivity contribution in [1.82, 2.24) is 14.5 Å². The van der Waals surface area contributed by atoms with Gasteiger partial charge in [-0.3, -0.25) is 9.69 Å². The Bertz CT molecular complexity index is 524. The first kappa shape index (κ1) is 15.4. The van der Waals surface area contributed by atoms with Gasteiger partial charge in [-0.15, -0.1) is 0 Å². The smallest absolute Gasteiger partial charge is 0.342 e. The molecule has 1 heterocycles. The van der Waals surface area contributed by atoms with Crippen LogP contribution in [-0.2, 0) is 16.1 Å². The van der Waals surface area contributed by atoms with E-state index in [2.05, 4.69) is 4.98 Å². The van der Waals surface area contributed by atoms with Crippen molar-refractivity contribution in [3.05, 3.63) is 22.1 Å². The summed E-state index contributed by atoms with van der Waals surface area (Å²) in [4.78, 5) is 28.1. The summed E-state index contributed by atoms with van der Waals surface area (Å²) < 4.78 is 6.54. The molecule has 0 amide bonds. The largest absolute Gasteiger partial charge is 0.465 e. The average Bonchev–Trinajstić information content (AvgIpc) is 3.19. The zero-order chi connectivity index (χ0) is 15.4. The summed E-state index contributed by atoms with van der Waals surface area (Å²) in [5.74, 6) is 0.342. The van der Waals surface area contributed by atoms with Gasteiger partial charge in [0.1, 0.15) is 12.7 Å². The highest BCUT2D eigenvalue weighted by Crippen LogP contribution is 2.27. The van der Waals surface area contributed by atoms with Crippen molar-refractivity contribution in [1.29, 1.82) is 0 Å². The minimum atomic E-state index is -0.438. The molecule has 0 bridgehead atoms. The van der Waals surface area contributed by atoms with E-state index in [1.165, 1.54) is 6.20 Å². The van der Waals surface area contributed by atoms with Crippen molar-refractivity contribution < 1.29 is 14.5 Å². The Kier molecular flexibility index (Phi) is 4.89. The third-order valence-corrected chi connectivity index (χ3v) is 3.53. The number of nitrogens with zero attached hydrogens (tertiary/aromatic N) is 4. The Balaban J connectivity index is 1.97. The summed E-state index contributed by atoms with van der Waals surface area (Å²) in [6.07, 6.45) is 3.39. The molecule has 0 saturated heterocycles. The number of aromatic nitrogens is 2. The summed E-state index contributed by atoms with van der Waals surface area (Å²) in [5, 5.41) is 10.9. The maximum Gasteiger partial charge on any atom is 0.342 e. The van der Waals surface area contributed by atoms with Gasteiger partial charge in [0.15, 0.2) is 5.82 Å². The van der Waals surface area contributed by atoms with Crippen LogP contribution < -0.4 is 0 Å². The standard InChI is InChI=1S/C13H20N4O4/c1-3-21-13(18)9-15(11-4-5-11)6-7-16-10(2)14-8-12(16)17(19)20/h8,11H,3-7,9H2,1-2H3. The van der Waals surface area contributed by atoms with Crippen molar-refractivity contribution in [3.63, 3.8) is 0 Å². The molecule has 1 aliphatic carbocycles. The molecule has 0 radical (unpaired) electrons. The Morgan fingerprint density at radius 3 is 2.90 bits per heavy atom. The molecule has 0 unspecified atom stereocenters. The monoisotopic (exact) mass is 296 g/mol. The molecule has 1 aliphatic rings. The quantitative estimate of drug-likeness (QED) is 0.406. The summed E-state index contributed by atoms with van der Waals surface area (Å²) in [6, 6.07) is 0.386. The molecule has 8 nitrogen and oxygen atoms in total.